The minimum absolute atomic E-state index is 0.213. The lowest BCUT2D eigenvalue weighted by molar-refractivity contribution is 0.102. The first-order valence-electron chi connectivity index (χ1n) is 10.3. The van der Waals surface area contributed by atoms with Crippen molar-refractivity contribution in [2.24, 2.45) is 0 Å². The number of pyridine rings is 1. The van der Waals surface area contributed by atoms with E-state index < -0.39 is 0 Å². The average molecular weight is 428 g/mol. The second kappa shape index (κ2) is 9.39. The summed E-state index contributed by atoms with van der Waals surface area (Å²) in [6.45, 7) is 2.52. The van der Waals surface area contributed by atoms with E-state index in [4.69, 9.17) is 19.2 Å². The number of hydrogen-bond donors (Lipinski definition) is 1. The normalized spacial score (nSPS) is 10.6. The van der Waals surface area contributed by atoms with Crippen LogP contribution < -0.4 is 19.5 Å². The molecule has 6 nitrogen and oxygen atoms in total. The quantitative estimate of drug-likeness (QED) is 0.417. The van der Waals surface area contributed by atoms with Gasteiger partial charge in [-0.3, -0.25) is 4.79 Å². The van der Waals surface area contributed by atoms with Gasteiger partial charge in [0.2, 0.25) is 0 Å². The molecule has 0 atom stereocenters. The van der Waals surface area contributed by atoms with Crippen LogP contribution in [0.3, 0.4) is 0 Å². The zero-order valence-corrected chi connectivity index (χ0v) is 18.2. The lowest BCUT2D eigenvalue weighted by atomic mass is 10.0. The van der Waals surface area contributed by atoms with Crippen LogP contribution in [0.25, 0.3) is 22.2 Å². The standard InChI is InChI=1S/C26H24N2O4/c1-4-32-19-12-10-18(11-13-19)27-26(29)21-16-23(28-22-8-6-5-7-20(21)22)17-9-14-24(30-2)25(15-17)31-3/h5-16H,4H2,1-3H3,(H,27,29). The fraction of sp³-hybridized carbons (Fsp3) is 0.154. The van der Waals surface area contributed by atoms with Gasteiger partial charge in [-0.15, -0.1) is 0 Å². The Kier molecular flexibility index (Phi) is 6.22. The monoisotopic (exact) mass is 428 g/mol. The van der Waals surface area contributed by atoms with Gasteiger partial charge in [0.05, 0.1) is 37.6 Å². The number of ether oxygens (including phenoxy) is 3. The van der Waals surface area contributed by atoms with E-state index >= 15 is 0 Å². The van der Waals surface area contributed by atoms with E-state index in [0.29, 0.717) is 35.1 Å². The summed E-state index contributed by atoms with van der Waals surface area (Å²) in [5.41, 5.74) is 3.45. The van der Waals surface area contributed by atoms with E-state index in [1.54, 1.807) is 20.3 Å². The number of para-hydroxylation sites is 1. The van der Waals surface area contributed by atoms with Gasteiger partial charge in [0.25, 0.3) is 5.91 Å². The largest absolute Gasteiger partial charge is 0.494 e. The summed E-state index contributed by atoms with van der Waals surface area (Å²) >= 11 is 0. The van der Waals surface area contributed by atoms with Crippen LogP contribution in [0.2, 0.25) is 0 Å². The maximum Gasteiger partial charge on any atom is 0.256 e. The van der Waals surface area contributed by atoms with Crippen molar-refractivity contribution in [3.05, 3.63) is 78.4 Å². The highest BCUT2D eigenvalue weighted by Gasteiger charge is 2.15. The summed E-state index contributed by atoms with van der Waals surface area (Å²) in [5.74, 6) is 1.77. The van der Waals surface area contributed by atoms with Gasteiger partial charge >= 0.3 is 0 Å². The molecule has 1 aromatic heterocycles. The smallest absolute Gasteiger partial charge is 0.256 e. The summed E-state index contributed by atoms with van der Waals surface area (Å²) in [7, 11) is 3.18. The van der Waals surface area contributed by atoms with Crippen molar-refractivity contribution in [1.82, 2.24) is 4.98 Å². The highest BCUT2D eigenvalue weighted by molar-refractivity contribution is 6.13. The number of fused-ring (bicyclic) bond motifs is 1. The molecule has 0 radical (unpaired) electrons. The van der Waals surface area contributed by atoms with Crippen LogP contribution in [-0.2, 0) is 0 Å². The van der Waals surface area contributed by atoms with Crippen molar-refractivity contribution in [1.29, 1.82) is 0 Å². The molecule has 0 unspecified atom stereocenters. The summed E-state index contributed by atoms with van der Waals surface area (Å²) in [6, 6.07) is 22.3. The predicted octanol–water partition coefficient (Wildman–Crippen LogP) is 5.57. The van der Waals surface area contributed by atoms with Crippen LogP contribution in [0.15, 0.2) is 72.8 Å². The van der Waals surface area contributed by atoms with E-state index in [-0.39, 0.29) is 5.91 Å². The fourth-order valence-electron chi connectivity index (χ4n) is 3.51. The second-order valence-corrected chi connectivity index (χ2v) is 7.05. The van der Waals surface area contributed by atoms with Crippen LogP contribution in [0.1, 0.15) is 17.3 Å². The van der Waals surface area contributed by atoms with Crippen molar-refractivity contribution in [3.8, 4) is 28.5 Å². The number of anilines is 1. The number of amides is 1. The van der Waals surface area contributed by atoms with Gasteiger partial charge in [-0.2, -0.15) is 0 Å². The number of aromatic nitrogens is 1. The molecule has 4 aromatic rings. The third-order valence-electron chi connectivity index (χ3n) is 5.06. The molecular formula is C26H24N2O4. The van der Waals surface area contributed by atoms with Gasteiger partial charge in [-0.25, -0.2) is 4.98 Å². The molecule has 0 aliphatic carbocycles. The molecule has 3 aromatic carbocycles. The molecule has 1 amide bonds. The van der Waals surface area contributed by atoms with Gasteiger partial charge < -0.3 is 19.5 Å². The minimum Gasteiger partial charge on any atom is -0.494 e. The Hall–Kier alpha value is -4.06. The van der Waals surface area contributed by atoms with E-state index in [0.717, 1.165) is 22.2 Å². The highest BCUT2D eigenvalue weighted by atomic mass is 16.5. The summed E-state index contributed by atoms with van der Waals surface area (Å²) in [4.78, 5) is 18.0. The van der Waals surface area contributed by atoms with E-state index in [1.165, 1.54) is 0 Å². The SMILES string of the molecule is CCOc1ccc(NC(=O)c2cc(-c3ccc(OC)c(OC)c3)nc3ccccc23)cc1. The van der Waals surface area contributed by atoms with Crippen LogP contribution in [0.4, 0.5) is 5.69 Å². The molecule has 0 saturated carbocycles. The second-order valence-electron chi connectivity index (χ2n) is 7.05. The lowest BCUT2D eigenvalue weighted by Crippen LogP contribution is -2.13. The molecule has 0 bridgehead atoms. The first-order chi connectivity index (χ1) is 15.6. The molecule has 0 aliphatic heterocycles. The molecule has 1 N–H and O–H groups in total. The topological polar surface area (TPSA) is 69.7 Å². The Morgan fingerprint density at radius 2 is 1.66 bits per heavy atom. The van der Waals surface area contributed by atoms with Crippen LogP contribution in [-0.4, -0.2) is 31.7 Å². The Bertz CT molecular complexity index is 1250. The zero-order valence-electron chi connectivity index (χ0n) is 18.2. The third kappa shape index (κ3) is 4.34. The first-order valence-corrected chi connectivity index (χ1v) is 10.3. The van der Waals surface area contributed by atoms with Crippen molar-refractivity contribution in [3.63, 3.8) is 0 Å². The Balaban J connectivity index is 1.73. The molecule has 0 aliphatic rings. The number of rotatable bonds is 7. The van der Waals surface area contributed by atoms with Gasteiger partial charge in [0.1, 0.15) is 5.75 Å². The molecular weight excluding hydrogens is 404 g/mol. The average Bonchev–Trinajstić information content (AvgIpc) is 2.84. The number of methoxy groups -OCH3 is 2. The van der Waals surface area contributed by atoms with Crippen molar-refractivity contribution >= 4 is 22.5 Å². The maximum absolute atomic E-state index is 13.2. The zero-order chi connectivity index (χ0) is 22.5. The van der Waals surface area contributed by atoms with E-state index in [2.05, 4.69) is 5.32 Å². The first kappa shape index (κ1) is 21.2. The van der Waals surface area contributed by atoms with Crippen molar-refractivity contribution in [2.45, 2.75) is 6.92 Å². The van der Waals surface area contributed by atoms with Gasteiger partial charge in [-0.1, -0.05) is 18.2 Å². The Morgan fingerprint density at radius 3 is 2.38 bits per heavy atom. The van der Waals surface area contributed by atoms with Gasteiger partial charge in [0.15, 0.2) is 11.5 Å². The molecule has 0 spiro atoms. The van der Waals surface area contributed by atoms with Crippen LogP contribution >= 0.6 is 0 Å². The summed E-state index contributed by atoms with van der Waals surface area (Å²) in [6.07, 6.45) is 0. The number of nitrogens with one attached hydrogen (secondary N) is 1. The predicted molar refractivity (Wildman–Crippen MR) is 126 cm³/mol. The Morgan fingerprint density at radius 1 is 0.906 bits per heavy atom. The number of carbonyl (C=O) groups excluding carboxylic acids is 1. The van der Waals surface area contributed by atoms with Crippen molar-refractivity contribution in [2.75, 3.05) is 26.1 Å². The van der Waals surface area contributed by atoms with E-state index in [1.807, 2.05) is 73.7 Å². The number of carbonyl (C=O) groups is 1. The molecule has 1 heterocycles. The molecule has 0 saturated heterocycles. The molecule has 162 valence electrons. The fourth-order valence-corrected chi connectivity index (χ4v) is 3.51. The molecule has 6 heteroatoms. The maximum atomic E-state index is 13.2. The highest BCUT2D eigenvalue weighted by Crippen LogP contribution is 2.33. The molecule has 4 rings (SSSR count). The summed E-state index contributed by atoms with van der Waals surface area (Å²) < 4.78 is 16.2. The molecule has 32 heavy (non-hydrogen) atoms. The third-order valence-corrected chi connectivity index (χ3v) is 5.06. The van der Waals surface area contributed by atoms with Gasteiger partial charge in [-0.05, 0) is 61.5 Å². The van der Waals surface area contributed by atoms with Gasteiger partial charge in [0, 0.05) is 16.6 Å². The Labute approximate surface area is 186 Å². The van der Waals surface area contributed by atoms with Crippen LogP contribution in [0.5, 0.6) is 17.2 Å². The minimum atomic E-state index is -0.213. The van der Waals surface area contributed by atoms with Crippen molar-refractivity contribution < 1.29 is 19.0 Å². The summed E-state index contributed by atoms with van der Waals surface area (Å²) in [5, 5.41) is 3.75. The van der Waals surface area contributed by atoms with Crippen LogP contribution in [0, 0.1) is 0 Å². The number of nitrogens with zero attached hydrogens (tertiary/aromatic N) is 1. The number of benzene rings is 3. The number of hydrogen-bond acceptors (Lipinski definition) is 5. The molecule has 0 fully saturated rings. The lowest BCUT2D eigenvalue weighted by Gasteiger charge is -2.13. The van der Waals surface area contributed by atoms with E-state index in [9.17, 15) is 4.79 Å².